The highest BCUT2D eigenvalue weighted by Crippen LogP contribution is 2.32. The first-order chi connectivity index (χ1) is 13.5. The van der Waals surface area contributed by atoms with E-state index >= 15 is 0 Å². The molecule has 0 aliphatic rings. The number of aliphatic hydroxyl groups excluding tert-OH is 1. The number of aromatic amines is 1. The average molecular weight is 384 g/mol. The van der Waals surface area contributed by atoms with E-state index in [0.717, 1.165) is 39.9 Å². The van der Waals surface area contributed by atoms with Crippen molar-refractivity contribution >= 4 is 10.9 Å². The lowest BCUT2D eigenvalue weighted by molar-refractivity contribution is -0.137. The number of hydrogen-bond donors (Lipinski definition) is 2. The van der Waals surface area contributed by atoms with E-state index in [1.807, 2.05) is 18.2 Å². The number of aliphatic hydroxyl groups is 1. The van der Waals surface area contributed by atoms with Gasteiger partial charge in [-0.2, -0.15) is 13.2 Å². The topological polar surface area (TPSA) is 58.1 Å². The van der Waals surface area contributed by atoms with Crippen LogP contribution in [-0.2, 0) is 12.8 Å². The first kappa shape index (κ1) is 18.1. The first-order valence-electron chi connectivity index (χ1n) is 8.47. The Kier molecular flexibility index (Phi) is 4.52. The molecule has 142 valence electrons. The zero-order valence-electron chi connectivity index (χ0n) is 14.5. The van der Waals surface area contributed by atoms with Crippen molar-refractivity contribution in [1.29, 1.82) is 0 Å². The van der Waals surface area contributed by atoms with Gasteiger partial charge >= 0.3 is 6.18 Å². The predicted molar refractivity (Wildman–Crippen MR) is 99.0 cm³/mol. The van der Waals surface area contributed by atoms with Crippen LogP contribution in [0.4, 0.5) is 13.2 Å². The van der Waals surface area contributed by atoms with Crippen molar-refractivity contribution in [1.82, 2.24) is 9.97 Å². The third-order valence-corrected chi connectivity index (χ3v) is 4.40. The number of ether oxygens (including phenoxy) is 1. The van der Waals surface area contributed by atoms with Gasteiger partial charge in [-0.1, -0.05) is 0 Å². The Labute approximate surface area is 158 Å². The van der Waals surface area contributed by atoms with E-state index in [9.17, 15) is 18.3 Å². The maximum absolute atomic E-state index is 12.6. The molecule has 0 saturated carbocycles. The van der Waals surface area contributed by atoms with Crippen molar-refractivity contribution in [2.75, 3.05) is 0 Å². The normalized spacial score (nSPS) is 11.7. The summed E-state index contributed by atoms with van der Waals surface area (Å²) in [6, 6.07) is 13.5. The van der Waals surface area contributed by atoms with Crippen LogP contribution in [0, 0.1) is 0 Å². The van der Waals surface area contributed by atoms with Crippen molar-refractivity contribution in [2.45, 2.75) is 12.8 Å². The van der Waals surface area contributed by atoms with Gasteiger partial charge in [0.25, 0.3) is 0 Å². The molecule has 2 aromatic heterocycles. The molecule has 0 fully saturated rings. The highest BCUT2D eigenvalue weighted by molar-refractivity contribution is 5.93. The Morgan fingerprint density at radius 2 is 1.57 bits per heavy atom. The second kappa shape index (κ2) is 7.01. The van der Waals surface area contributed by atoms with Gasteiger partial charge in [0.05, 0.1) is 23.4 Å². The number of fused-ring (bicyclic) bond motifs is 1. The summed E-state index contributed by atoms with van der Waals surface area (Å²) in [6.07, 6.45) is -0.947. The molecule has 0 saturated heterocycles. The van der Waals surface area contributed by atoms with Crippen molar-refractivity contribution in [3.63, 3.8) is 0 Å². The molecule has 0 unspecified atom stereocenters. The highest BCUT2D eigenvalue weighted by atomic mass is 19.4. The smallest absolute Gasteiger partial charge is 0.416 e. The van der Waals surface area contributed by atoms with E-state index in [-0.39, 0.29) is 6.61 Å². The quantitative estimate of drug-likeness (QED) is 0.486. The number of nitrogens with zero attached hydrogens (tertiary/aromatic N) is 1. The lowest BCUT2D eigenvalue weighted by Crippen LogP contribution is -2.03. The van der Waals surface area contributed by atoms with Gasteiger partial charge in [0.2, 0.25) is 0 Å². The van der Waals surface area contributed by atoms with Gasteiger partial charge in [0.15, 0.2) is 0 Å². The highest BCUT2D eigenvalue weighted by Gasteiger charge is 2.30. The van der Waals surface area contributed by atoms with Crippen molar-refractivity contribution < 1.29 is 23.0 Å². The zero-order chi connectivity index (χ0) is 19.7. The molecule has 0 aliphatic heterocycles. The Morgan fingerprint density at radius 1 is 0.929 bits per heavy atom. The lowest BCUT2D eigenvalue weighted by Gasteiger charge is -2.09. The van der Waals surface area contributed by atoms with Crippen molar-refractivity contribution in [3.05, 3.63) is 78.1 Å². The Balaban J connectivity index is 1.57. The van der Waals surface area contributed by atoms with Crippen LogP contribution in [0.25, 0.3) is 22.2 Å². The molecular weight excluding hydrogens is 369 g/mol. The number of H-pyrrole nitrogens is 1. The molecule has 2 heterocycles. The molecule has 7 heteroatoms. The van der Waals surface area contributed by atoms with E-state index in [0.29, 0.717) is 11.5 Å². The maximum atomic E-state index is 12.6. The van der Waals surface area contributed by atoms with Crippen LogP contribution < -0.4 is 4.74 Å². The SMILES string of the molecule is OCc1c[nH]c2c(-c3ccc(Oc4ccc(C(F)(F)F)cc4)cc3)nccc12. The van der Waals surface area contributed by atoms with Gasteiger partial charge in [0, 0.05) is 28.9 Å². The number of alkyl halides is 3. The van der Waals surface area contributed by atoms with E-state index in [4.69, 9.17) is 4.74 Å². The van der Waals surface area contributed by atoms with Gasteiger partial charge in [-0.15, -0.1) is 0 Å². The summed E-state index contributed by atoms with van der Waals surface area (Å²) in [5, 5.41) is 10.3. The monoisotopic (exact) mass is 384 g/mol. The molecule has 0 aliphatic carbocycles. The molecule has 0 amide bonds. The van der Waals surface area contributed by atoms with Crippen molar-refractivity contribution in [2.24, 2.45) is 0 Å². The van der Waals surface area contributed by atoms with Gasteiger partial charge in [-0.25, -0.2) is 0 Å². The Morgan fingerprint density at radius 3 is 2.18 bits per heavy atom. The fraction of sp³-hybridized carbons (Fsp3) is 0.0952. The third-order valence-electron chi connectivity index (χ3n) is 4.40. The Bertz CT molecular complexity index is 1100. The van der Waals surface area contributed by atoms with E-state index < -0.39 is 11.7 Å². The van der Waals surface area contributed by atoms with Gasteiger partial charge in [0.1, 0.15) is 11.5 Å². The molecule has 4 rings (SSSR count). The van der Waals surface area contributed by atoms with Crippen molar-refractivity contribution in [3.8, 4) is 22.8 Å². The van der Waals surface area contributed by atoms with E-state index in [1.165, 1.54) is 12.1 Å². The number of hydrogen-bond acceptors (Lipinski definition) is 3. The summed E-state index contributed by atoms with van der Waals surface area (Å²) in [6.45, 7) is -0.0661. The number of aromatic nitrogens is 2. The second-order valence-electron chi connectivity index (χ2n) is 6.20. The molecule has 0 radical (unpaired) electrons. The zero-order valence-corrected chi connectivity index (χ0v) is 14.5. The second-order valence-corrected chi connectivity index (χ2v) is 6.20. The summed E-state index contributed by atoms with van der Waals surface area (Å²) in [5.41, 5.74) is 2.47. The fourth-order valence-electron chi connectivity index (χ4n) is 2.99. The van der Waals surface area contributed by atoms with Crippen LogP contribution in [0.1, 0.15) is 11.1 Å². The molecule has 4 aromatic rings. The molecule has 2 aromatic carbocycles. The minimum absolute atomic E-state index is 0.0661. The van der Waals surface area contributed by atoms with Crippen LogP contribution in [0.3, 0.4) is 0 Å². The van der Waals surface area contributed by atoms with Crippen LogP contribution in [0.2, 0.25) is 0 Å². The maximum Gasteiger partial charge on any atom is 0.416 e. The molecule has 4 nitrogen and oxygen atoms in total. The number of rotatable bonds is 4. The molecule has 0 atom stereocenters. The average Bonchev–Trinajstić information content (AvgIpc) is 3.12. The van der Waals surface area contributed by atoms with Crippen LogP contribution in [0.15, 0.2) is 67.0 Å². The first-order valence-corrected chi connectivity index (χ1v) is 8.47. The van der Waals surface area contributed by atoms with Gasteiger partial charge < -0.3 is 14.8 Å². The predicted octanol–water partition coefficient (Wildman–Crippen LogP) is 5.53. The number of benzene rings is 2. The summed E-state index contributed by atoms with van der Waals surface area (Å²) >= 11 is 0. The van der Waals surface area contributed by atoms with Crippen LogP contribution in [0.5, 0.6) is 11.5 Å². The Hall–Kier alpha value is -3.32. The molecule has 28 heavy (non-hydrogen) atoms. The third kappa shape index (κ3) is 3.44. The minimum Gasteiger partial charge on any atom is -0.457 e. The number of pyridine rings is 1. The minimum atomic E-state index is -4.37. The van der Waals surface area contributed by atoms with E-state index in [2.05, 4.69) is 9.97 Å². The molecule has 2 N–H and O–H groups in total. The summed E-state index contributed by atoms with van der Waals surface area (Å²) in [7, 11) is 0. The van der Waals surface area contributed by atoms with Gasteiger partial charge in [-0.05, 0) is 54.6 Å². The number of halogens is 3. The van der Waals surface area contributed by atoms with Crippen LogP contribution in [-0.4, -0.2) is 15.1 Å². The summed E-state index contributed by atoms with van der Waals surface area (Å²) in [5.74, 6) is 0.816. The summed E-state index contributed by atoms with van der Waals surface area (Å²) in [4.78, 5) is 7.54. The largest absolute Gasteiger partial charge is 0.457 e. The standard InChI is InChI=1S/C21H15F3N2O2/c22-21(23,24)15-3-7-17(8-4-15)28-16-5-1-13(2-6-16)19-20-18(9-10-25-19)14(12-27)11-26-20/h1-11,26-27H,12H2. The molecule has 0 bridgehead atoms. The summed E-state index contributed by atoms with van der Waals surface area (Å²) < 4.78 is 43.5. The lowest BCUT2D eigenvalue weighted by atomic mass is 10.1. The molecular formula is C21H15F3N2O2. The van der Waals surface area contributed by atoms with Gasteiger partial charge in [-0.3, -0.25) is 4.98 Å². The van der Waals surface area contributed by atoms with E-state index in [1.54, 1.807) is 24.5 Å². The fourth-order valence-corrected chi connectivity index (χ4v) is 2.99. The number of nitrogens with one attached hydrogen (secondary N) is 1. The molecule has 0 spiro atoms. The van der Waals surface area contributed by atoms with Crippen LogP contribution >= 0.6 is 0 Å².